The molecule has 1 amide bonds. The second-order valence-corrected chi connectivity index (χ2v) is 11.4. The number of hydrogen-bond acceptors (Lipinski definition) is 6. The molecule has 0 atom stereocenters. The zero-order valence-electron chi connectivity index (χ0n) is 19.9. The Bertz CT molecular complexity index is 1290. The van der Waals surface area contributed by atoms with E-state index in [-0.39, 0.29) is 10.8 Å². The van der Waals surface area contributed by atoms with E-state index in [1.54, 1.807) is 28.6 Å². The van der Waals surface area contributed by atoms with Crippen LogP contribution in [-0.4, -0.2) is 53.3 Å². The summed E-state index contributed by atoms with van der Waals surface area (Å²) in [4.78, 5) is 19.3. The van der Waals surface area contributed by atoms with Crippen LogP contribution < -0.4 is 0 Å². The molecule has 35 heavy (non-hydrogen) atoms. The van der Waals surface area contributed by atoms with Crippen molar-refractivity contribution < 1.29 is 17.7 Å². The quantitative estimate of drug-likeness (QED) is 0.519. The Balaban J connectivity index is 1.19. The van der Waals surface area contributed by atoms with Gasteiger partial charge < -0.3 is 9.42 Å². The molecule has 0 aliphatic carbocycles. The normalized spacial score (nSPS) is 17.3. The zero-order valence-corrected chi connectivity index (χ0v) is 20.7. The van der Waals surface area contributed by atoms with Crippen molar-refractivity contribution in [2.45, 2.75) is 50.5 Å². The van der Waals surface area contributed by atoms with Gasteiger partial charge in [-0.05, 0) is 60.6 Å². The van der Waals surface area contributed by atoms with Gasteiger partial charge in [0.15, 0.2) is 0 Å². The van der Waals surface area contributed by atoms with Crippen molar-refractivity contribution in [2.75, 3.05) is 19.6 Å². The highest BCUT2D eigenvalue weighted by Gasteiger charge is 2.28. The fourth-order valence-corrected chi connectivity index (χ4v) is 6.17. The highest BCUT2D eigenvalue weighted by atomic mass is 32.2. The highest BCUT2D eigenvalue weighted by molar-refractivity contribution is 7.89. The molecule has 2 aliphatic rings. The molecule has 1 aromatic heterocycles. The summed E-state index contributed by atoms with van der Waals surface area (Å²) in [6, 6.07) is 14.8. The van der Waals surface area contributed by atoms with Crippen molar-refractivity contribution in [3.05, 3.63) is 65.5 Å². The van der Waals surface area contributed by atoms with Crippen LogP contribution in [0.4, 0.5) is 0 Å². The molecule has 2 aromatic carbocycles. The average molecular weight is 495 g/mol. The average Bonchev–Trinajstić information content (AvgIpc) is 3.36. The van der Waals surface area contributed by atoms with Gasteiger partial charge in [0, 0.05) is 44.6 Å². The van der Waals surface area contributed by atoms with Crippen LogP contribution in [0.3, 0.4) is 0 Å². The maximum absolute atomic E-state index is 12.9. The van der Waals surface area contributed by atoms with Gasteiger partial charge in [0.1, 0.15) is 0 Å². The van der Waals surface area contributed by atoms with Gasteiger partial charge in [-0.1, -0.05) is 36.3 Å². The van der Waals surface area contributed by atoms with Gasteiger partial charge in [-0.2, -0.15) is 9.29 Å². The molecule has 5 rings (SSSR count). The molecule has 3 heterocycles. The largest absolute Gasteiger partial charge is 0.339 e. The summed E-state index contributed by atoms with van der Waals surface area (Å²) in [5, 5.41) is 4.03. The Morgan fingerprint density at radius 2 is 1.74 bits per heavy atom. The molecule has 1 saturated heterocycles. The molecule has 0 spiro atoms. The number of piperidine rings is 1. The summed E-state index contributed by atoms with van der Waals surface area (Å²) in [6.45, 7) is 4.62. The molecule has 1 fully saturated rings. The van der Waals surface area contributed by atoms with E-state index in [1.165, 1.54) is 11.1 Å². The van der Waals surface area contributed by atoms with E-state index < -0.39 is 10.0 Å². The Labute approximate surface area is 206 Å². The maximum Gasteiger partial charge on any atom is 0.243 e. The monoisotopic (exact) mass is 494 g/mol. The third kappa shape index (κ3) is 5.16. The first-order valence-corrected chi connectivity index (χ1v) is 13.6. The minimum absolute atomic E-state index is 0.0703. The van der Waals surface area contributed by atoms with E-state index in [0.29, 0.717) is 55.7 Å². The highest BCUT2D eigenvalue weighted by Crippen LogP contribution is 2.25. The van der Waals surface area contributed by atoms with Crippen molar-refractivity contribution >= 4 is 15.9 Å². The van der Waals surface area contributed by atoms with Gasteiger partial charge in [-0.15, -0.1) is 0 Å². The predicted molar refractivity (Wildman–Crippen MR) is 131 cm³/mol. The van der Waals surface area contributed by atoms with Crippen LogP contribution in [0.1, 0.15) is 43.2 Å². The molecule has 184 valence electrons. The lowest BCUT2D eigenvalue weighted by Crippen LogP contribution is -2.37. The second-order valence-electron chi connectivity index (χ2n) is 9.46. The van der Waals surface area contributed by atoms with Crippen molar-refractivity contribution in [1.29, 1.82) is 0 Å². The number of fused-ring (bicyclic) bond motifs is 1. The molecule has 0 N–H and O–H groups in total. The first-order chi connectivity index (χ1) is 16.9. The van der Waals surface area contributed by atoms with Crippen molar-refractivity contribution in [1.82, 2.24) is 19.3 Å². The maximum atomic E-state index is 12.9. The SMILES string of the molecule is CC1CCN(S(=O)(=O)c2ccc(-c3noc(CCC(=O)N4CCc5ccccc5C4)n3)cc2)CC1. The van der Waals surface area contributed by atoms with Crippen LogP contribution in [0.25, 0.3) is 11.4 Å². The smallest absolute Gasteiger partial charge is 0.243 e. The van der Waals surface area contributed by atoms with Gasteiger partial charge in [0.05, 0.1) is 4.90 Å². The van der Waals surface area contributed by atoms with Gasteiger partial charge in [-0.25, -0.2) is 8.42 Å². The minimum Gasteiger partial charge on any atom is -0.339 e. The van der Waals surface area contributed by atoms with Crippen LogP contribution >= 0.6 is 0 Å². The predicted octanol–water partition coefficient (Wildman–Crippen LogP) is 3.67. The van der Waals surface area contributed by atoms with E-state index in [9.17, 15) is 13.2 Å². The van der Waals surface area contributed by atoms with Gasteiger partial charge in [0.2, 0.25) is 27.6 Å². The van der Waals surface area contributed by atoms with E-state index >= 15 is 0 Å². The van der Waals surface area contributed by atoms with Gasteiger partial charge in [-0.3, -0.25) is 4.79 Å². The van der Waals surface area contributed by atoms with Crippen LogP contribution in [0.15, 0.2) is 57.9 Å². The minimum atomic E-state index is -3.50. The van der Waals surface area contributed by atoms with Gasteiger partial charge >= 0.3 is 0 Å². The molecule has 0 unspecified atom stereocenters. The first kappa shape index (κ1) is 23.7. The van der Waals surface area contributed by atoms with Crippen LogP contribution in [0.5, 0.6) is 0 Å². The lowest BCUT2D eigenvalue weighted by atomic mass is 9.99. The second kappa shape index (κ2) is 9.91. The van der Waals surface area contributed by atoms with Crippen LogP contribution in [0.2, 0.25) is 0 Å². The van der Waals surface area contributed by atoms with E-state index in [4.69, 9.17) is 4.52 Å². The lowest BCUT2D eigenvalue weighted by molar-refractivity contribution is -0.132. The number of rotatable bonds is 6. The van der Waals surface area contributed by atoms with Crippen molar-refractivity contribution in [3.8, 4) is 11.4 Å². The summed E-state index contributed by atoms with van der Waals surface area (Å²) >= 11 is 0. The number of aryl methyl sites for hydroxylation is 1. The number of amides is 1. The van der Waals surface area contributed by atoms with E-state index in [0.717, 1.165) is 25.8 Å². The van der Waals surface area contributed by atoms with Crippen molar-refractivity contribution in [2.24, 2.45) is 5.92 Å². The van der Waals surface area contributed by atoms with Gasteiger partial charge in [0.25, 0.3) is 0 Å². The Morgan fingerprint density at radius 3 is 2.49 bits per heavy atom. The third-order valence-electron chi connectivity index (χ3n) is 7.00. The number of sulfonamides is 1. The number of hydrogen-bond donors (Lipinski definition) is 0. The molecule has 9 heteroatoms. The summed E-state index contributed by atoms with van der Waals surface area (Å²) in [7, 11) is -3.50. The molecule has 2 aliphatic heterocycles. The molecule has 0 bridgehead atoms. The number of nitrogens with zero attached hydrogens (tertiary/aromatic N) is 4. The molecule has 0 radical (unpaired) electrons. The summed E-state index contributed by atoms with van der Waals surface area (Å²) in [5.74, 6) is 1.41. The molecule has 0 saturated carbocycles. The summed E-state index contributed by atoms with van der Waals surface area (Å²) in [6.07, 6.45) is 3.31. The topological polar surface area (TPSA) is 96.6 Å². The van der Waals surface area contributed by atoms with Crippen LogP contribution in [-0.2, 0) is 34.2 Å². The number of benzene rings is 2. The van der Waals surface area contributed by atoms with E-state index in [1.807, 2.05) is 17.0 Å². The Morgan fingerprint density at radius 1 is 1.03 bits per heavy atom. The van der Waals surface area contributed by atoms with Crippen LogP contribution in [0, 0.1) is 5.92 Å². The summed E-state index contributed by atoms with van der Waals surface area (Å²) in [5.41, 5.74) is 3.18. The third-order valence-corrected chi connectivity index (χ3v) is 8.91. The number of aromatic nitrogens is 2. The lowest BCUT2D eigenvalue weighted by Gasteiger charge is -2.29. The van der Waals surface area contributed by atoms with Crippen molar-refractivity contribution in [3.63, 3.8) is 0 Å². The Hall–Kier alpha value is -3.04. The standard InChI is InChI=1S/C26H30N4O4S/c1-19-12-16-30(17-13-19)35(32,33)23-8-6-21(7-9-23)26-27-24(34-28-26)10-11-25(31)29-15-14-20-4-2-3-5-22(20)18-29/h2-9,19H,10-18H2,1H3. The molecule has 8 nitrogen and oxygen atoms in total. The Kier molecular flexibility index (Phi) is 6.71. The molecular formula is C26H30N4O4S. The molecule has 3 aromatic rings. The zero-order chi connectivity index (χ0) is 24.4. The van der Waals surface area contributed by atoms with E-state index in [2.05, 4.69) is 29.2 Å². The fourth-order valence-electron chi connectivity index (χ4n) is 4.70. The molecular weight excluding hydrogens is 464 g/mol. The number of carbonyl (C=O) groups is 1. The number of carbonyl (C=O) groups excluding carboxylic acids is 1. The fraction of sp³-hybridized carbons (Fsp3) is 0.423. The summed E-state index contributed by atoms with van der Waals surface area (Å²) < 4.78 is 32.8. The first-order valence-electron chi connectivity index (χ1n) is 12.2.